The average Bonchev–Trinajstić information content (AvgIpc) is 2.40. The van der Waals surface area contributed by atoms with Gasteiger partial charge in [0.15, 0.2) is 0 Å². The van der Waals surface area contributed by atoms with E-state index in [0.717, 1.165) is 23.4 Å². The summed E-state index contributed by atoms with van der Waals surface area (Å²) < 4.78 is 0. The van der Waals surface area contributed by atoms with Crippen LogP contribution in [0.25, 0.3) is 11.3 Å². The molecule has 18 heavy (non-hydrogen) atoms. The summed E-state index contributed by atoms with van der Waals surface area (Å²) in [6, 6.07) is 14.2. The molecule has 0 bridgehead atoms. The average molecular weight is 240 g/mol. The molecular weight excluding hydrogens is 224 g/mol. The van der Waals surface area contributed by atoms with Gasteiger partial charge in [-0.15, -0.1) is 0 Å². The highest BCUT2D eigenvalue weighted by Gasteiger charge is 2.01. The first-order valence-electron chi connectivity index (χ1n) is 5.86. The Morgan fingerprint density at radius 1 is 1.22 bits per heavy atom. The van der Waals surface area contributed by atoms with Gasteiger partial charge < -0.3 is 4.84 Å². The van der Waals surface area contributed by atoms with Gasteiger partial charge in [-0.25, -0.2) is 0 Å². The van der Waals surface area contributed by atoms with Crippen LogP contribution in [0.15, 0.2) is 53.8 Å². The Hall–Kier alpha value is -2.16. The number of hydrogen-bond donors (Lipinski definition) is 0. The first kappa shape index (κ1) is 12.3. The zero-order chi connectivity index (χ0) is 12.8. The molecule has 0 saturated carbocycles. The fourth-order valence-corrected chi connectivity index (χ4v) is 1.86. The topological polar surface area (TPSA) is 34.5 Å². The van der Waals surface area contributed by atoms with Gasteiger partial charge in [-0.05, 0) is 30.7 Å². The molecule has 3 nitrogen and oxygen atoms in total. The van der Waals surface area contributed by atoms with E-state index in [1.807, 2.05) is 31.2 Å². The molecule has 0 atom stereocenters. The lowest BCUT2D eigenvalue weighted by Crippen LogP contribution is -1.98. The van der Waals surface area contributed by atoms with Crippen LogP contribution >= 0.6 is 0 Å². The maximum Gasteiger partial charge on any atom is 0.106 e. The summed E-state index contributed by atoms with van der Waals surface area (Å²) in [5.74, 6) is 0. The molecule has 0 aliphatic rings. The number of hydrogen-bond acceptors (Lipinski definition) is 3. The second-order valence-electron chi connectivity index (χ2n) is 4.10. The lowest BCUT2D eigenvalue weighted by molar-refractivity contribution is 0.212. The second kappa shape index (κ2) is 5.96. The fourth-order valence-electron chi connectivity index (χ4n) is 1.86. The van der Waals surface area contributed by atoms with Crippen molar-refractivity contribution in [2.75, 3.05) is 7.11 Å². The van der Waals surface area contributed by atoms with E-state index in [1.165, 1.54) is 5.56 Å². The molecule has 2 aromatic rings. The van der Waals surface area contributed by atoms with E-state index in [4.69, 9.17) is 4.84 Å². The lowest BCUT2D eigenvalue weighted by Gasteiger charge is -2.04. The maximum atomic E-state index is 4.77. The van der Waals surface area contributed by atoms with Crippen molar-refractivity contribution in [3.8, 4) is 11.3 Å². The predicted molar refractivity (Wildman–Crippen MR) is 73.5 cm³/mol. The minimum Gasteiger partial charge on any atom is -0.399 e. The van der Waals surface area contributed by atoms with Gasteiger partial charge in [0.1, 0.15) is 7.11 Å². The highest BCUT2D eigenvalue weighted by atomic mass is 16.6. The summed E-state index contributed by atoms with van der Waals surface area (Å²) in [5, 5.41) is 3.92. The number of rotatable bonds is 4. The van der Waals surface area contributed by atoms with Crippen LogP contribution in [0.3, 0.4) is 0 Å². The van der Waals surface area contributed by atoms with Crippen molar-refractivity contribution in [2.24, 2.45) is 5.16 Å². The zero-order valence-electron chi connectivity index (χ0n) is 10.6. The summed E-state index contributed by atoms with van der Waals surface area (Å²) in [6.07, 6.45) is 2.59. The van der Waals surface area contributed by atoms with Crippen molar-refractivity contribution in [2.45, 2.75) is 13.3 Å². The van der Waals surface area contributed by atoms with Crippen molar-refractivity contribution in [3.63, 3.8) is 0 Å². The highest BCUT2D eigenvalue weighted by Crippen LogP contribution is 2.18. The molecule has 0 fully saturated rings. The molecule has 3 heteroatoms. The molecule has 0 N–H and O–H groups in total. The molecule has 92 valence electrons. The van der Waals surface area contributed by atoms with E-state index in [0.29, 0.717) is 0 Å². The van der Waals surface area contributed by atoms with Crippen LogP contribution in [0.1, 0.15) is 12.5 Å². The molecule has 0 spiro atoms. The third-order valence-electron chi connectivity index (χ3n) is 2.59. The Kier molecular flexibility index (Phi) is 4.07. The van der Waals surface area contributed by atoms with Gasteiger partial charge in [0.2, 0.25) is 0 Å². The van der Waals surface area contributed by atoms with Crippen LogP contribution < -0.4 is 0 Å². The van der Waals surface area contributed by atoms with Crippen LogP contribution in [0, 0.1) is 0 Å². The van der Waals surface area contributed by atoms with Gasteiger partial charge >= 0.3 is 0 Å². The van der Waals surface area contributed by atoms with Crippen LogP contribution in [0.4, 0.5) is 0 Å². The van der Waals surface area contributed by atoms with E-state index in [9.17, 15) is 0 Å². The Balaban J connectivity index is 2.23. The van der Waals surface area contributed by atoms with Crippen molar-refractivity contribution >= 4 is 5.71 Å². The maximum absolute atomic E-state index is 4.77. The zero-order valence-corrected chi connectivity index (χ0v) is 10.6. The van der Waals surface area contributed by atoms with Gasteiger partial charge in [0, 0.05) is 18.2 Å². The Morgan fingerprint density at radius 2 is 2.11 bits per heavy atom. The number of pyridine rings is 1. The second-order valence-corrected chi connectivity index (χ2v) is 4.10. The van der Waals surface area contributed by atoms with E-state index in [1.54, 1.807) is 13.3 Å². The standard InChI is InChI=1S/C15H16N2O/c1-12(17-18-2)10-13-6-5-7-14(11-13)15-8-3-4-9-16-15/h3-9,11H,10H2,1-2H3/b17-12-. The minimum absolute atomic E-state index is 0.786. The first-order valence-corrected chi connectivity index (χ1v) is 5.86. The van der Waals surface area contributed by atoms with Gasteiger partial charge in [-0.3, -0.25) is 4.98 Å². The molecule has 2 rings (SSSR count). The number of aromatic nitrogens is 1. The third kappa shape index (κ3) is 3.17. The van der Waals surface area contributed by atoms with Crippen LogP contribution in [-0.2, 0) is 11.3 Å². The van der Waals surface area contributed by atoms with Gasteiger partial charge in [-0.1, -0.05) is 29.4 Å². The molecule has 0 saturated heterocycles. The number of oxime groups is 1. The smallest absolute Gasteiger partial charge is 0.106 e. The Morgan fingerprint density at radius 3 is 2.83 bits per heavy atom. The van der Waals surface area contributed by atoms with Gasteiger partial charge in [0.25, 0.3) is 0 Å². The Bertz CT molecular complexity index is 535. The van der Waals surface area contributed by atoms with Crippen molar-refractivity contribution in [1.82, 2.24) is 4.98 Å². The SMILES string of the molecule is CO/N=C(/C)Cc1cccc(-c2ccccn2)c1. The van der Waals surface area contributed by atoms with E-state index < -0.39 is 0 Å². The van der Waals surface area contributed by atoms with Gasteiger partial charge in [0.05, 0.1) is 11.4 Å². The summed E-state index contributed by atoms with van der Waals surface area (Å²) in [6.45, 7) is 1.96. The summed E-state index contributed by atoms with van der Waals surface area (Å²) in [4.78, 5) is 9.12. The highest BCUT2D eigenvalue weighted by molar-refractivity contribution is 5.84. The molecule has 1 aromatic heterocycles. The first-order chi connectivity index (χ1) is 8.79. The van der Waals surface area contributed by atoms with Crippen molar-refractivity contribution < 1.29 is 4.84 Å². The van der Waals surface area contributed by atoms with E-state index in [-0.39, 0.29) is 0 Å². The third-order valence-corrected chi connectivity index (χ3v) is 2.59. The van der Waals surface area contributed by atoms with Crippen LogP contribution in [0.2, 0.25) is 0 Å². The van der Waals surface area contributed by atoms with Crippen molar-refractivity contribution in [3.05, 3.63) is 54.2 Å². The summed E-state index contributed by atoms with van der Waals surface area (Å²) in [7, 11) is 1.56. The molecule has 0 aliphatic heterocycles. The van der Waals surface area contributed by atoms with Crippen molar-refractivity contribution in [1.29, 1.82) is 0 Å². The molecule has 1 aromatic carbocycles. The fraction of sp³-hybridized carbons (Fsp3) is 0.200. The summed E-state index contributed by atoms with van der Waals surface area (Å²) in [5.41, 5.74) is 4.27. The van der Waals surface area contributed by atoms with Gasteiger partial charge in [-0.2, -0.15) is 0 Å². The van der Waals surface area contributed by atoms with Crippen LogP contribution in [-0.4, -0.2) is 17.8 Å². The Labute approximate surface area is 107 Å². The molecule has 0 aliphatic carbocycles. The monoisotopic (exact) mass is 240 g/mol. The largest absolute Gasteiger partial charge is 0.399 e. The number of nitrogens with zero attached hydrogens (tertiary/aromatic N) is 2. The van der Waals surface area contributed by atoms with E-state index in [2.05, 4.69) is 28.3 Å². The number of benzene rings is 1. The molecular formula is C15H16N2O. The lowest BCUT2D eigenvalue weighted by atomic mass is 10.0. The molecule has 0 radical (unpaired) electrons. The molecule has 0 unspecified atom stereocenters. The summed E-state index contributed by atoms with van der Waals surface area (Å²) >= 11 is 0. The molecule has 0 amide bonds. The quantitative estimate of drug-likeness (QED) is 0.607. The van der Waals surface area contributed by atoms with E-state index >= 15 is 0 Å². The predicted octanol–water partition coefficient (Wildman–Crippen LogP) is 3.31. The normalized spacial score (nSPS) is 11.3. The minimum atomic E-state index is 0.786. The van der Waals surface area contributed by atoms with Crippen LogP contribution in [0.5, 0.6) is 0 Å². The molecule has 1 heterocycles.